The highest BCUT2D eigenvalue weighted by Crippen LogP contribution is 2.56. The van der Waals surface area contributed by atoms with Crippen LogP contribution in [0.2, 0.25) is 0 Å². The SMILES string of the molecule is C[C@H]1c2cccc(O)c2C(=O)C2C1[C@H](O)C1[C@H](N(C)C)C(=O)C(C(N)=O)C(=O)[C@@]1(O)C2NCC(C)(C)C. The number of aromatic hydroxyl groups is 1. The number of nitrogens with two attached hydrogens (primary N) is 1. The molecule has 2 fully saturated rings. The maximum absolute atomic E-state index is 14.0. The molecule has 1 aromatic carbocycles. The van der Waals surface area contributed by atoms with E-state index in [0.717, 1.165) is 0 Å². The van der Waals surface area contributed by atoms with Crippen LogP contribution in [0.4, 0.5) is 0 Å². The number of benzene rings is 1. The summed E-state index contributed by atoms with van der Waals surface area (Å²) in [5.74, 6) is -9.43. The van der Waals surface area contributed by atoms with Crippen molar-refractivity contribution in [3.05, 3.63) is 29.3 Å². The number of phenols is 1. The van der Waals surface area contributed by atoms with Crippen molar-refractivity contribution in [3.8, 4) is 5.75 Å². The molecule has 0 aliphatic heterocycles. The topological polar surface area (TPSA) is 170 Å². The largest absolute Gasteiger partial charge is 0.507 e. The second-order valence-electron chi connectivity index (χ2n) is 12.3. The predicted molar refractivity (Wildman–Crippen MR) is 134 cm³/mol. The highest BCUT2D eigenvalue weighted by molar-refractivity contribution is 6.24. The van der Waals surface area contributed by atoms with Crippen LogP contribution in [-0.2, 0) is 14.4 Å². The predicted octanol–water partition coefficient (Wildman–Crippen LogP) is -0.166. The Balaban J connectivity index is 2.00. The number of aliphatic hydroxyl groups excluding tert-OH is 1. The molecule has 9 atom stereocenters. The minimum atomic E-state index is -2.47. The van der Waals surface area contributed by atoms with Crippen LogP contribution in [0.1, 0.15) is 49.5 Å². The molecular weight excluding hydrogens is 478 g/mol. The Morgan fingerprint density at radius 2 is 1.81 bits per heavy atom. The molecule has 3 aliphatic rings. The van der Waals surface area contributed by atoms with Gasteiger partial charge in [-0.3, -0.25) is 24.1 Å². The number of nitrogens with zero attached hydrogens (tertiary/aromatic N) is 1. The molecule has 0 radical (unpaired) electrons. The number of ketones is 3. The number of Topliss-reactive ketones (excluding diaryl/α,β-unsaturated/α-hetero) is 3. The molecule has 1 aromatic rings. The van der Waals surface area contributed by atoms with Gasteiger partial charge in [0.25, 0.3) is 0 Å². The van der Waals surface area contributed by atoms with Gasteiger partial charge in [0.05, 0.1) is 23.8 Å². The summed E-state index contributed by atoms with van der Waals surface area (Å²) in [6.45, 7) is 7.90. The number of aliphatic hydroxyl groups is 2. The minimum Gasteiger partial charge on any atom is -0.507 e. The molecule has 37 heavy (non-hydrogen) atoms. The molecular formula is C27H37N3O7. The first-order valence-corrected chi connectivity index (χ1v) is 12.6. The van der Waals surface area contributed by atoms with Gasteiger partial charge >= 0.3 is 0 Å². The lowest BCUT2D eigenvalue weighted by Crippen LogP contribution is -2.81. The minimum absolute atomic E-state index is 0.0861. The van der Waals surface area contributed by atoms with E-state index in [1.165, 1.54) is 11.0 Å². The molecule has 1 amide bonds. The van der Waals surface area contributed by atoms with E-state index in [-0.39, 0.29) is 23.3 Å². The zero-order valence-electron chi connectivity index (χ0n) is 22.1. The quantitative estimate of drug-likeness (QED) is 0.342. The molecule has 202 valence electrons. The number of fused-ring (bicyclic) bond motifs is 3. The number of hydrogen-bond donors (Lipinski definition) is 5. The number of amides is 1. The lowest BCUT2D eigenvalue weighted by atomic mass is 9.48. The number of carbonyl (C=O) groups is 4. The van der Waals surface area contributed by atoms with Crippen LogP contribution in [0.15, 0.2) is 18.2 Å². The van der Waals surface area contributed by atoms with E-state index in [1.54, 1.807) is 26.2 Å². The van der Waals surface area contributed by atoms with Gasteiger partial charge in [-0.25, -0.2) is 0 Å². The summed E-state index contributed by atoms with van der Waals surface area (Å²) in [5, 5.41) is 38.0. The fraction of sp³-hybridized carbons (Fsp3) is 0.630. The van der Waals surface area contributed by atoms with Gasteiger partial charge in [0.2, 0.25) is 5.91 Å². The van der Waals surface area contributed by atoms with Crippen LogP contribution in [0.25, 0.3) is 0 Å². The second-order valence-corrected chi connectivity index (χ2v) is 12.3. The van der Waals surface area contributed by atoms with E-state index in [2.05, 4.69) is 5.32 Å². The average molecular weight is 516 g/mol. The standard InChI is InChI=1S/C27H37N3O7/c1-11-12-8-7-9-13(31)15(12)20(32)16-14(11)21(33)18-19(30(5)6)22(34)17(25(28)36)24(35)27(18,37)23(16)29-10-26(2,3)4/h7-9,11,14,16-19,21,23,29,31,33,37H,10H2,1-6H3,(H2,28,36)/t11-,14?,16?,17?,18?,19-,21-,23?,27-/m0/s1. The Kier molecular flexibility index (Phi) is 6.64. The molecule has 0 saturated heterocycles. The van der Waals surface area contributed by atoms with Gasteiger partial charge in [0, 0.05) is 24.3 Å². The maximum Gasteiger partial charge on any atom is 0.235 e. The van der Waals surface area contributed by atoms with Gasteiger partial charge in [-0.15, -0.1) is 0 Å². The Bertz CT molecular complexity index is 1160. The third kappa shape index (κ3) is 3.93. The van der Waals surface area contributed by atoms with E-state index >= 15 is 0 Å². The molecule has 0 heterocycles. The number of primary amides is 1. The van der Waals surface area contributed by atoms with E-state index in [0.29, 0.717) is 5.56 Å². The zero-order valence-corrected chi connectivity index (χ0v) is 22.1. The Labute approximate surface area is 216 Å². The smallest absolute Gasteiger partial charge is 0.235 e. The molecule has 6 N–H and O–H groups in total. The summed E-state index contributed by atoms with van der Waals surface area (Å²) in [6, 6.07) is 2.27. The first-order chi connectivity index (χ1) is 17.1. The molecule has 3 aliphatic carbocycles. The summed E-state index contributed by atoms with van der Waals surface area (Å²) in [4.78, 5) is 55.1. The van der Waals surface area contributed by atoms with Crippen LogP contribution in [0.5, 0.6) is 5.75 Å². The maximum atomic E-state index is 14.0. The highest BCUT2D eigenvalue weighted by atomic mass is 16.3. The third-order valence-electron chi connectivity index (χ3n) is 8.48. The van der Waals surface area contributed by atoms with Crippen molar-refractivity contribution in [2.45, 2.75) is 57.4 Å². The Morgan fingerprint density at radius 3 is 2.35 bits per heavy atom. The van der Waals surface area contributed by atoms with E-state index < -0.39 is 76.6 Å². The Hall–Kier alpha value is -2.66. The number of phenolic OH excluding ortho intramolecular Hbond substituents is 1. The summed E-state index contributed by atoms with van der Waals surface area (Å²) >= 11 is 0. The van der Waals surface area contributed by atoms with Gasteiger partial charge in [-0.1, -0.05) is 39.8 Å². The van der Waals surface area contributed by atoms with Gasteiger partial charge < -0.3 is 26.4 Å². The van der Waals surface area contributed by atoms with Gasteiger partial charge in [0.15, 0.2) is 23.3 Å². The Morgan fingerprint density at radius 1 is 1.19 bits per heavy atom. The molecule has 0 bridgehead atoms. The molecule has 2 saturated carbocycles. The number of hydrogen-bond acceptors (Lipinski definition) is 9. The zero-order chi connectivity index (χ0) is 27.8. The number of nitrogens with one attached hydrogen (secondary N) is 1. The molecule has 4 rings (SSSR count). The number of rotatable bonds is 4. The van der Waals surface area contributed by atoms with Crippen molar-refractivity contribution in [1.29, 1.82) is 0 Å². The van der Waals surface area contributed by atoms with Crippen LogP contribution in [0.3, 0.4) is 0 Å². The normalized spacial score (nSPS) is 37.7. The van der Waals surface area contributed by atoms with Crippen molar-refractivity contribution in [2.24, 2.45) is 34.8 Å². The van der Waals surface area contributed by atoms with Crippen LogP contribution >= 0.6 is 0 Å². The summed E-state index contributed by atoms with van der Waals surface area (Å²) < 4.78 is 0. The summed E-state index contributed by atoms with van der Waals surface area (Å²) in [6.07, 6.45) is -1.45. The summed E-state index contributed by atoms with van der Waals surface area (Å²) in [7, 11) is 3.13. The van der Waals surface area contributed by atoms with Crippen molar-refractivity contribution in [2.75, 3.05) is 20.6 Å². The number of carbonyl (C=O) groups excluding carboxylic acids is 4. The van der Waals surface area contributed by atoms with Crippen molar-refractivity contribution in [3.63, 3.8) is 0 Å². The third-order valence-corrected chi connectivity index (χ3v) is 8.48. The average Bonchev–Trinajstić information content (AvgIpc) is 2.77. The van der Waals surface area contributed by atoms with Crippen LogP contribution < -0.4 is 11.1 Å². The molecule has 0 spiro atoms. The van der Waals surface area contributed by atoms with Crippen LogP contribution in [0, 0.1) is 29.1 Å². The summed E-state index contributed by atoms with van der Waals surface area (Å²) in [5.41, 5.74) is 3.32. The molecule has 5 unspecified atom stereocenters. The lowest BCUT2D eigenvalue weighted by Gasteiger charge is -2.60. The van der Waals surface area contributed by atoms with Crippen molar-refractivity contribution < 1.29 is 34.5 Å². The first-order valence-electron chi connectivity index (χ1n) is 12.6. The number of likely N-dealkylation sites (N-methyl/N-ethyl adjacent to an activating group) is 1. The molecule has 10 heteroatoms. The lowest BCUT2D eigenvalue weighted by molar-refractivity contribution is -0.205. The molecule has 0 aromatic heterocycles. The van der Waals surface area contributed by atoms with Gasteiger partial charge in [-0.05, 0) is 37.1 Å². The fourth-order valence-corrected chi connectivity index (χ4v) is 6.92. The fourth-order valence-electron chi connectivity index (χ4n) is 6.92. The van der Waals surface area contributed by atoms with Crippen molar-refractivity contribution >= 4 is 23.3 Å². The monoisotopic (exact) mass is 515 g/mol. The first kappa shape index (κ1) is 27.4. The van der Waals surface area contributed by atoms with E-state index in [1.807, 2.05) is 27.7 Å². The second kappa shape index (κ2) is 8.97. The van der Waals surface area contributed by atoms with Gasteiger partial charge in [0.1, 0.15) is 11.4 Å². The van der Waals surface area contributed by atoms with Crippen molar-refractivity contribution in [1.82, 2.24) is 10.2 Å². The highest BCUT2D eigenvalue weighted by Gasteiger charge is 2.72. The van der Waals surface area contributed by atoms with E-state index in [4.69, 9.17) is 5.73 Å². The van der Waals surface area contributed by atoms with E-state index in [9.17, 15) is 34.5 Å². The van der Waals surface area contributed by atoms with Gasteiger partial charge in [-0.2, -0.15) is 0 Å². The van der Waals surface area contributed by atoms with Crippen LogP contribution in [-0.4, -0.2) is 87.9 Å². The molecule has 10 nitrogen and oxygen atoms in total.